The van der Waals surface area contributed by atoms with Crippen LogP contribution in [-0.4, -0.2) is 37.2 Å². The van der Waals surface area contributed by atoms with Crippen LogP contribution in [0.3, 0.4) is 0 Å². The summed E-state index contributed by atoms with van der Waals surface area (Å²) in [6.45, 7) is 3.89. The number of ether oxygens (including phenoxy) is 1. The Morgan fingerprint density at radius 1 is 1.42 bits per heavy atom. The molecule has 0 aliphatic carbocycles. The van der Waals surface area contributed by atoms with Crippen molar-refractivity contribution in [3.8, 4) is 0 Å². The van der Waals surface area contributed by atoms with Gasteiger partial charge in [-0.25, -0.2) is 4.39 Å². The van der Waals surface area contributed by atoms with E-state index in [4.69, 9.17) is 10.5 Å². The molecule has 3 nitrogen and oxygen atoms in total. The predicted molar refractivity (Wildman–Crippen MR) is 74.4 cm³/mol. The Kier molecular flexibility index (Phi) is 4.91. The second-order valence-electron chi connectivity index (χ2n) is 5.36. The molecule has 2 N–H and O–H groups in total. The molecule has 4 heteroatoms. The van der Waals surface area contributed by atoms with Crippen LogP contribution in [0.2, 0.25) is 0 Å². The molecule has 2 rings (SSSR count). The lowest BCUT2D eigenvalue weighted by Gasteiger charge is -2.27. The van der Waals surface area contributed by atoms with E-state index in [1.807, 2.05) is 0 Å². The number of nitrogens with zero attached hydrogens (tertiary/aromatic N) is 1. The molecule has 1 fully saturated rings. The minimum Gasteiger partial charge on any atom is -0.377 e. The molecule has 3 unspecified atom stereocenters. The van der Waals surface area contributed by atoms with Crippen molar-refractivity contribution in [2.45, 2.75) is 38.0 Å². The van der Waals surface area contributed by atoms with Gasteiger partial charge in [0.25, 0.3) is 0 Å². The summed E-state index contributed by atoms with van der Waals surface area (Å²) >= 11 is 0. The maximum absolute atomic E-state index is 12.8. The van der Waals surface area contributed by atoms with Crippen LogP contribution < -0.4 is 5.73 Å². The van der Waals surface area contributed by atoms with Crippen molar-refractivity contribution in [1.29, 1.82) is 0 Å². The predicted octanol–water partition coefficient (Wildman–Crippen LogP) is 2.32. The van der Waals surface area contributed by atoms with Crippen molar-refractivity contribution in [1.82, 2.24) is 4.90 Å². The van der Waals surface area contributed by atoms with E-state index < -0.39 is 0 Å². The molecule has 0 bridgehead atoms. The number of hydrogen-bond donors (Lipinski definition) is 1. The van der Waals surface area contributed by atoms with Gasteiger partial charge in [-0.1, -0.05) is 12.1 Å². The van der Waals surface area contributed by atoms with Crippen LogP contribution in [0.4, 0.5) is 4.39 Å². The third kappa shape index (κ3) is 3.75. The molecule has 0 spiro atoms. The highest BCUT2D eigenvalue weighted by Crippen LogP contribution is 2.20. The van der Waals surface area contributed by atoms with E-state index in [-0.39, 0.29) is 11.9 Å². The summed E-state index contributed by atoms with van der Waals surface area (Å²) < 4.78 is 18.4. The molecule has 0 aromatic heterocycles. The van der Waals surface area contributed by atoms with Crippen LogP contribution in [0.1, 0.15) is 31.4 Å². The standard InChI is InChI=1S/C15H23FN2O/c1-11-15(8-10-19-11)18(2)9-7-14(17)12-3-5-13(16)6-4-12/h3-6,11,14-15H,7-10,17H2,1-2H3. The van der Waals surface area contributed by atoms with Gasteiger partial charge in [0.15, 0.2) is 0 Å². The highest BCUT2D eigenvalue weighted by atomic mass is 19.1. The number of likely N-dealkylation sites (N-methyl/N-ethyl adjacent to an activating group) is 1. The summed E-state index contributed by atoms with van der Waals surface area (Å²) in [4.78, 5) is 2.32. The van der Waals surface area contributed by atoms with Crippen LogP contribution in [0.5, 0.6) is 0 Å². The fourth-order valence-corrected chi connectivity index (χ4v) is 2.68. The van der Waals surface area contributed by atoms with Crippen molar-refractivity contribution in [2.24, 2.45) is 5.73 Å². The average molecular weight is 266 g/mol. The minimum atomic E-state index is -0.218. The summed E-state index contributed by atoms with van der Waals surface area (Å²) in [6, 6.07) is 6.90. The molecule has 1 aliphatic rings. The van der Waals surface area contributed by atoms with Gasteiger partial charge in [-0.15, -0.1) is 0 Å². The molecule has 0 saturated carbocycles. The largest absolute Gasteiger partial charge is 0.377 e. The lowest BCUT2D eigenvalue weighted by atomic mass is 10.0. The molecular formula is C15H23FN2O. The Bertz CT molecular complexity index is 396. The van der Waals surface area contributed by atoms with Crippen molar-refractivity contribution < 1.29 is 9.13 Å². The summed E-state index contributed by atoms with van der Waals surface area (Å²) in [7, 11) is 2.12. The van der Waals surface area contributed by atoms with Gasteiger partial charge in [0.2, 0.25) is 0 Å². The van der Waals surface area contributed by atoms with Gasteiger partial charge in [-0.3, -0.25) is 0 Å². The van der Waals surface area contributed by atoms with E-state index in [1.54, 1.807) is 12.1 Å². The van der Waals surface area contributed by atoms with Crippen molar-refractivity contribution in [3.05, 3.63) is 35.6 Å². The van der Waals surface area contributed by atoms with Gasteiger partial charge in [0.05, 0.1) is 6.10 Å². The van der Waals surface area contributed by atoms with Crippen molar-refractivity contribution in [2.75, 3.05) is 20.2 Å². The van der Waals surface area contributed by atoms with Crippen LogP contribution in [0.15, 0.2) is 24.3 Å². The maximum atomic E-state index is 12.8. The lowest BCUT2D eigenvalue weighted by Crippen LogP contribution is -2.38. The van der Waals surface area contributed by atoms with Crippen molar-refractivity contribution >= 4 is 0 Å². The number of nitrogens with two attached hydrogens (primary N) is 1. The molecule has 3 atom stereocenters. The molecule has 1 aromatic rings. The highest BCUT2D eigenvalue weighted by Gasteiger charge is 2.27. The Morgan fingerprint density at radius 3 is 2.68 bits per heavy atom. The van der Waals surface area contributed by atoms with Gasteiger partial charge in [0.1, 0.15) is 5.82 Å². The summed E-state index contributed by atoms with van der Waals surface area (Å²) in [5.74, 6) is -0.218. The monoisotopic (exact) mass is 266 g/mol. The van der Waals surface area contributed by atoms with E-state index in [2.05, 4.69) is 18.9 Å². The fraction of sp³-hybridized carbons (Fsp3) is 0.600. The molecule has 1 aliphatic heterocycles. The second kappa shape index (κ2) is 6.46. The highest BCUT2D eigenvalue weighted by molar-refractivity contribution is 5.19. The SMILES string of the molecule is CC1OCCC1N(C)CCC(N)c1ccc(F)cc1. The first-order valence-electron chi connectivity index (χ1n) is 6.91. The zero-order chi connectivity index (χ0) is 13.8. The quantitative estimate of drug-likeness (QED) is 0.889. The molecule has 1 aromatic carbocycles. The van der Waals surface area contributed by atoms with E-state index in [0.717, 1.165) is 31.6 Å². The van der Waals surface area contributed by atoms with Gasteiger partial charge in [-0.2, -0.15) is 0 Å². The third-order valence-corrected chi connectivity index (χ3v) is 3.99. The maximum Gasteiger partial charge on any atom is 0.123 e. The van der Waals surface area contributed by atoms with E-state index in [1.165, 1.54) is 12.1 Å². The Labute approximate surface area is 114 Å². The Hall–Kier alpha value is -0.970. The van der Waals surface area contributed by atoms with Gasteiger partial charge in [0, 0.05) is 25.2 Å². The number of benzene rings is 1. The summed E-state index contributed by atoms with van der Waals surface area (Å²) in [5.41, 5.74) is 7.14. The molecular weight excluding hydrogens is 243 g/mol. The topological polar surface area (TPSA) is 38.5 Å². The first kappa shape index (κ1) is 14.4. The van der Waals surface area contributed by atoms with Crippen LogP contribution in [0.25, 0.3) is 0 Å². The van der Waals surface area contributed by atoms with Gasteiger partial charge < -0.3 is 15.4 Å². The first-order valence-corrected chi connectivity index (χ1v) is 6.91. The summed E-state index contributed by atoms with van der Waals surface area (Å²) in [6.07, 6.45) is 2.25. The van der Waals surface area contributed by atoms with E-state index in [9.17, 15) is 4.39 Å². The lowest BCUT2D eigenvalue weighted by molar-refractivity contribution is 0.0827. The molecule has 106 valence electrons. The average Bonchev–Trinajstić information content (AvgIpc) is 2.83. The van der Waals surface area contributed by atoms with Crippen LogP contribution in [0, 0.1) is 5.82 Å². The number of halogens is 1. The fourth-order valence-electron chi connectivity index (χ4n) is 2.68. The van der Waals surface area contributed by atoms with Gasteiger partial charge in [-0.05, 0) is 44.5 Å². The van der Waals surface area contributed by atoms with E-state index in [0.29, 0.717) is 12.1 Å². The zero-order valence-corrected chi connectivity index (χ0v) is 11.7. The van der Waals surface area contributed by atoms with Crippen LogP contribution >= 0.6 is 0 Å². The molecule has 0 radical (unpaired) electrons. The number of rotatable bonds is 5. The van der Waals surface area contributed by atoms with E-state index >= 15 is 0 Å². The second-order valence-corrected chi connectivity index (χ2v) is 5.36. The Morgan fingerprint density at radius 2 is 2.11 bits per heavy atom. The molecule has 0 amide bonds. The molecule has 1 saturated heterocycles. The minimum absolute atomic E-state index is 0.0410. The Balaban J connectivity index is 1.82. The summed E-state index contributed by atoms with van der Waals surface area (Å²) in [5, 5.41) is 0. The number of hydrogen-bond acceptors (Lipinski definition) is 3. The normalized spacial score (nSPS) is 24.9. The van der Waals surface area contributed by atoms with Crippen molar-refractivity contribution in [3.63, 3.8) is 0 Å². The molecule has 1 heterocycles. The zero-order valence-electron chi connectivity index (χ0n) is 11.7. The smallest absolute Gasteiger partial charge is 0.123 e. The third-order valence-electron chi connectivity index (χ3n) is 3.99. The van der Waals surface area contributed by atoms with Gasteiger partial charge >= 0.3 is 0 Å². The van der Waals surface area contributed by atoms with Crippen LogP contribution in [-0.2, 0) is 4.74 Å². The first-order chi connectivity index (χ1) is 9.08. The molecule has 19 heavy (non-hydrogen) atoms.